The Balaban J connectivity index is 1.66. The summed E-state index contributed by atoms with van der Waals surface area (Å²) in [5.74, 6) is -0.0520. The van der Waals surface area contributed by atoms with Crippen LogP contribution in [-0.4, -0.2) is 35.0 Å². The predicted octanol–water partition coefficient (Wildman–Crippen LogP) is 5.64. The number of hydrogen-bond acceptors (Lipinski definition) is 4. The number of nitrogens with one attached hydrogen (secondary N) is 2. The average molecular weight is 540 g/mol. The highest BCUT2D eigenvalue weighted by Crippen LogP contribution is 2.24. The van der Waals surface area contributed by atoms with E-state index in [0.717, 1.165) is 10.0 Å². The molecule has 8 heteroatoms. The molecule has 3 aromatic carbocycles. The average Bonchev–Trinajstić information content (AvgIpc) is 2.80. The fraction of sp³-hybridized carbons (Fsp3) is 0.192. The Labute approximate surface area is 213 Å². The first-order valence-corrected chi connectivity index (χ1v) is 11.9. The zero-order valence-electron chi connectivity index (χ0n) is 19.2. The summed E-state index contributed by atoms with van der Waals surface area (Å²) in [4.78, 5) is 27.4. The molecule has 0 unspecified atom stereocenters. The molecule has 2 amide bonds. The molecule has 34 heavy (non-hydrogen) atoms. The lowest BCUT2D eigenvalue weighted by molar-refractivity contribution is 0.0785. The van der Waals surface area contributed by atoms with Crippen molar-refractivity contribution in [3.63, 3.8) is 0 Å². The van der Waals surface area contributed by atoms with Crippen LogP contribution in [0.1, 0.15) is 40.1 Å². The van der Waals surface area contributed by atoms with E-state index in [2.05, 4.69) is 26.6 Å². The van der Waals surface area contributed by atoms with Gasteiger partial charge in [-0.3, -0.25) is 14.9 Å². The largest absolute Gasteiger partial charge is 0.490 e. The first-order valence-electron chi connectivity index (χ1n) is 10.7. The van der Waals surface area contributed by atoms with Crippen LogP contribution in [0.2, 0.25) is 0 Å². The molecule has 0 atom stereocenters. The summed E-state index contributed by atoms with van der Waals surface area (Å²) in [5.41, 5.74) is 2.51. The number of halogens is 1. The fourth-order valence-electron chi connectivity index (χ4n) is 3.25. The molecule has 0 bridgehead atoms. The van der Waals surface area contributed by atoms with E-state index in [0.29, 0.717) is 29.1 Å². The summed E-state index contributed by atoms with van der Waals surface area (Å²) in [6.45, 7) is 4.28. The zero-order valence-corrected chi connectivity index (χ0v) is 21.6. The second-order valence-corrected chi connectivity index (χ2v) is 9.27. The number of thiocarbonyl (C=S) groups is 1. The number of hydrogen-bond donors (Lipinski definition) is 2. The normalized spacial score (nSPS) is 10.5. The van der Waals surface area contributed by atoms with Gasteiger partial charge in [0, 0.05) is 29.3 Å². The van der Waals surface area contributed by atoms with Gasteiger partial charge in [0.25, 0.3) is 11.8 Å². The van der Waals surface area contributed by atoms with Crippen molar-refractivity contribution in [3.05, 3.63) is 94.0 Å². The van der Waals surface area contributed by atoms with Crippen molar-refractivity contribution in [2.75, 3.05) is 12.4 Å². The minimum absolute atomic E-state index is 0.0851. The highest BCUT2D eigenvalue weighted by molar-refractivity contribution is 9.10. The second-order valence-electron chi connectivity index (χ2n) is 7.94. The van der Waals surface area contributed by atoms with Gasteiger partial charge in [-0.15, -0.1) is 0 Å². The minimum Gasteiger partial charge on any atom is -0.490 e. The maximum Gasteiger partial charge on any atom is 0.261 e. The maximum absolute atomic E-state index is 12.9. The molecular weight excluding hydrogens is 514 g/mol. The molecule has 0 aliphatic carbocycles. The quantitative estimate of drug-likeness (QED) is 0.380. The summed E-state index contributed by atoms with van der Waals surface area (Å²) >= 11 is 8.72. The van der Waals surface area contributed by atoms with Crippen molar-refractivity contribution < 1.29 is 14.3 Å². The number of benzene rings is 3. The zero-order chi connectivity index (χ0) is 24.7. The van der Waals surface area contributed by atoms with Gasteiger partial charge in [-0.25, -0.2) is 0 Å². The first kappa shape index (κ1) is 25.4. The summed E-state index contributed by atoms with van der Waals surface area (Å²) in [6, 6.07) is 22.0. The Morgan fingerprint density at radius 2 is 1.76 bits per heavy atom. The third kappa shape index (κ3) is 7.13. The van der Waals surface area contributed by atoms with Gasteiger partial charge in [-0.05, 0) is 68.0 Å². The topological polar surface area (TPSA) is 70.7 Å². The van der Waals surface area contributed by atoms with Gasteiger partial charge in [0.2, 0.25) is 0 Å². The van der Waals surface area contributed by atoms with E-state index in [9.17, 15) is 9.59 Å². The van der Waals surface area contributed by atoms with E-state index < -0.39 is 5.91 Å². The molecule has 176 valence electrons. The monoisotopic (exact) mass is 539 g/mol. The van der Waals surface area contributed by atoms with Crippen molar-refractivity contribution >= 4 is 50.8 Å². The molecule has 0 radical (unpaired) electrons. The van der Waals surface area contributed by atoms with Gasteiger partial charge in [0.15, 0.2) is 5.11 Å². The molecule has 0 saturated carbocycles. The minimum atomic E-state index is -0.399. The van der Waals surface area contributed by atoms with Crippen molar-refractivity contribution in [2.45, 2.75) is 26.5 Å². The Hall–Kier alpha value is -3.23. The standard InChI is InChI=1S/C26H26BrN3O3S/c1-17(2)33-23-13-12-20(27)15-22(23)24(31)29-26(34)28-21-11-7-10-19(14-21)25(32)30(3)16-18-8-5-4-6-9-18/h4-15,17H,16H2,1-3H3,(H2,28,29,31,34). The van der Waals surface area contributed by atoms with Crippen LogP contribution in [0, 0.1) is 0 Å². The van der Waals surface area contributed by atoms with E-state index in [1.807, 2.05) is 50.2 Å². The van der Waals surface area contributed by atoms with Crippen LogP contribution in [0.4, 0.5) is 5.69 Å². The van der Waals surface area contributed by atoms with E-state index in [1.165, 1.54) is 0 Å². The van der Waals surface area contributed by atoms with Gasteiger partial charge in [-0.2, -0.15) is 0 Å². The van der Waals surface area contributed by atoms with E-state index >= 15 is 0 Å². The van der Waals surface area contributed by atoms with Crippen molar-refractivity contribution in [1.82, 2.24) is 10.2 Å². The van der Waals surface area contributed by atoms with Crippen molar-refractivity contribution in [2.24, 2.45) is 0 Å². The summed E-state index contributed by atoms with van der Waals surface area (Å²) in [7, 11) is 1.76. The summed E-state index contributed by atoms with van der Waals surface area (Å²) in [5, 5.41) is 5.77. The van der Waals surface area contributed by atoms with Crippen LogP contribution < -0.4 is 15.4 Å². The number of anilines is 1. The van der Waals surface area contributed by atoms with Crippen LogP contribution in [0.3, 0.4) is 0 Å². The number of nitrogens with zero attached hydrogens (tertiary/aromatic N) is 1. The third-order valence-corrected chi connectivity index (χ3v) is 5.45. The van der Waals surface area contributed by atoms with Crippen molar-refractivity contribution in [1.29, 1.82) is 0 Å². The van der Waals surface area contributed by atoms with E-state index in [1.54, 1.807) is 48.3 Å². The highest BCUT2D eigenvalue weighted by Gasteiger charge is 2.17. The summed E-state index contributed by atoms with van der Waals surface area (Å²) < 4.78 is 6.49. The molecule has 2 N–H and O–H groups in total. The lowest BCUT2D eigenvalue weighted by atomic mass is 10.1. The van der Waals surface area contributed by atoms with E-state index in [4.69, 9.17) is 17.0 Å². The number of carbonyl (C=O) groups excluding carboxylic acids is 2. The van der Waals surface area contributed by atoms with E-state index in [-0.39, 0.29) is 17.1 Å². The van der Waals surface area contributed by atoms with Crippen LogP contribution in [0.25, 0.3) is 0 Å². The Morgan fingerprint density at radius 1 is 1.03 bits per heavy atom. The third-order valence-electron chi connectivity index (χ3n) is 4.75. The molecule has 0 saturated heterocycles. The van der Waals surface area contributed by atoms with Gasteiger partial charge in [-0.1, -0.05) is 52.3 Å². The number of carbonyl (C=O) groups is 2. The lowest BCUT2D eigenvalue weighted by Gasteiger charge is -2.18. The SMILES string of the molecule is CC(C)Oc1ccc(Br)cc1C(=O)NC(=S)Nc1cccc(C(=O)N(C)Cc2ccccc2)c1. The maximum atomic E-state index is 12.9. The molecule has 0 heterocycles. The Bertz CT molecular complexity index is 1180. The molecule has 0 spiro atoms. The van der Waals surface area contributed by atoms with Gasteiger partial charge in [0.05, 0.1) is 11.7 Å². The van der Waals surface area contributed by atoms with Gasteiger partial charge < -0.3 is 15.0 Å². The van der Waals surface area contributed by atoms with Gasteiger partial charge >= 0.3 is 0 Å². The molecule has 3 rings (SSSR count). The number of ether oxygens (including phenoxy) is 1. The van der Waals surface area contributed by atoms with Crippen LogP contribution >= 0.6 is 28.1 Å². The Kier molecular flexibility index (Phi) is 8.79. The molecule has 3 aromatic rings. The molecule has 0 fully saturated rings. The predicted molar refractivity (Wildman–Crippen MR) is 142 cm³/mol. The smallest absolute Gasteiger partial charge is 0.261 e. The summed E-state index contributed by atoms with van der Waals surface area (Å²) in [6.07, 6.45) is -0.0851. The molecular formula is C26H26BrN3O3S. The Morgan fingerprint density at radius 3 is 2.47 bits per heavy atom. The molecule has 6 nitrogen and oxygen atoms in total. The van der Waals surface area contributed by atoms with Crippen LogP contribution in [0.15, 0.2) is 77.3 Å². The highest BCUT2D eigenvalue weighted by atomic mass is 79.9. The molecule has 0 aliphatic rings. The van der Waals surface area contributed by atoms with Crippen LogP contribution in [0.5, 0.6) is 5.75 Å². The first-order chi connectivity index (χ1) is 16.2. The molecule has 0 aromatic heterocycles. The number of rotatable bonds is 7. The lowest BCUT2D eigenvalue weighted by Crippen LogP contribution is -2.34. The van der Waals surface area contributed by atoms with Crippen LogP contribution in [-0.2, 0) is 6.54 Å². The molecule has 0 aliphatic heterocycles. The number of amides is 2. The second kappa shape index (κ2) is 11.8. The fourth-order valence-corrected chi connectivity index (χ4v) is 3.82. The van der Waals surface area contributed by atoms with Gasteiger partial charge in [0.1, 0.15) is 5.75 Å². The van der Waals surface area contributed by atoms with Crippen molar-refractivity contribution in [3.8, 4) is 5.75 Å².